The molecule has 0 saturated heterocycles. The van der Waals surface area contributed by atoms with Gasteiger partial charge in [0.2, 0.25) is 0 Å². The highest BCUT2D eigenvalue weighted by Crippen LogP contribution is 2.26. The Morgan fingerprint density at radius 2 is 2.25 bits per heavy atom. The minimum absolute atomic E-state index is 0.0198. The SMILES string of the molecule is Nc1cc(Cl)c(F)cc1NCc1ccoc1. The fourth-order valence-electron chi connectivity index (χ4n) is 1.31. The Morgan fingerprint density at radius 3 is 2.94 bits per heavy atom. The second-order valence-corrected chi connectivity index (χ2v) is 3.75. The minimum atomic E-state index is -0.495. The van der Waals surface area contributed by atoms with Gasteiger partial charge in [-0.1, -0.05) is 11.6 Å². The molecule has 1 heterocycles. The number of nitrogen functional groups attached to an aromatic ring is 1. The van der Waals surface area contributed by atoms with Crippen LogP contribution < -0.4 is 11.1 Å². The van der Waals surface area contributed by atoms with E-state index in [0.717, 1.165) is 5.56 Å². The number of nitrogens with two attached hydrogens (primary N) is 1. The van der Waals surface area contributed by atoms with Gasteiger partial charge in [-0.2, -0.15) is 0 Å². The monoisotopic (exact) mass is 240 g/mol. The first-order valence-corrected chi connectivity index (χ1v) is 5.04. The summed E-state index contributed by atoms with van der Waals surface area (Å²) in [5.74, 6) is -0.495. The van der Waals surface area contributed by atoms with Crippen LogP contribution in [-0.2, 0) is 6.54 Å². The standard InChI is InChI=1S/C11H10ClFN2O/c12-8-3-10(14)11(4-9(8)13)15-5-7-1-2-16-6-7/h1-4,6,15H,5,14H2. The normalized spacial score (nSPS) is 10.4. The zero-order valence-corrected chi connectivity index (χ0v) is 9.09. The molecule has 84 valence electrons. The fourth-order valence-corrected chi connectivity index (χ4v) is 1.48. The molecule has 0 amide bonds. The molecule has 1 aromatic heterocycles. The van der Waals surface area contributed by atoms with Crippen LogP contribution >= 0.6 is 11.6 Å². The predicted molar refractivity (Wildman–Crippen MR) is 61.9 cm³/mol. The molecule has 0 spiro atoms. The number of rotatable bonds is 3. The van der Waals surface area contributed by atoms with Gasteiger partial charge in [0, 0.05) is 18.2 Å². The average molecular weight is 241 g/mol. The third-order valence-electron chi connectivity index (χ3n) is 2.16. The average Bonchev–Trinajstić information content (AvgIpc) is 2.74. The van der Waals surface area contributed by atoms with E-state index >= 15 is 0 Å². The molecule has 5 heteroatoms. The molecule has 0 unspecified atom stereocenters. The lowest BCUT2D eigenvalue weighted by molar-refractivity contribution is 0.564. The molecule has 16 heavy (non-hydrogen) atoms. The van der Waals surface area contributed by atoms with Crippen LogP contribution in [0.2, 0.25) is 5.02 Å². The van der Waals surface area contributed by atoms with E-state index in [1.165, 1.54) is 12.1 Å². The Balaban J connectivity index is 2.12. The largest absolute Gasteiger partial charge is 0.472 e. The van der Waals surface area contributed by atoms with Crippen LogP contribution in [0.15, 0.2) is 35.1 Å². The van der Waals surface area contributed by atoms with Gasteiger partial charge >= 0.3 is 0 Å². The van der Waals surface area contributed by atoms with Crippen LogP contribution in [0, 0.1) is 5.82 Å². The van der Waals surface area contributed by atoms with Gasteiger partial charge in [0.1, 0.15) is 5.82 Å². The van der Waals surface area contributed by atoms with Crippen LogP contribution in [0.3, 0.4) is 0 Å². The van der Waals surface area contributed by atoms with Gasteiger partial charge in [0.05, 0.1) is 28.9 Å². The lowest BCUT2D eigenvalue weighted by atomic mass is 10.2. The summed E-state index contributed by atoms with van der Waals surface area (Å²) in [6.45, 7) is 0.516. The predicted octanol–water partition coefficient (Wildman–Crippen LogP) is 3.27. The van der Waals surface area contributed by atoms with Crippen molar-refractivity contribution in [3.63, 3.8) is 0 Å². The summed E-state index contributed by atoms with van der Waals surface area (Å²) >= 11 is 5.59. The summed E-state index contributed by atoms with van der Waals surface area (Å²) in [7, 11) is 0. The van der Waals surface area contributed by atoms with Crippen molar-refractivity contribution in [2.45, 2.75) is 6.54 Å². The summed E-state index contributed by atoms with van der Waals surface area (Å²) in [6.07, 6.45) is 3.18. The van der Waals surface area contributed by atoms with Gasteiger partial charge in [-0.3, -0.25) is 0 Å². The lowest BCUT2D eigenvalue weighted by Crippen LogP contribution is -2.02. The number of anilines is 2. The van der Waals surface area contributed by atoms with Gasteiger partial charge in [-0.25, -0.2) is 4.39 Å². The topological polar surface area (TPSA) is 51.2 Å². The van der Waals surface area contributed by atoms with Gasteiger partial charge in [-0.05, 0) is 12.1 Å². The van der Waals surface area contributed by atoms with Gasteiger partial charge in [-0.15, -0.1) is 0 Å². The molecule has 0 saturated carbocycles. The molecule has 0 aliphatic carbocycles. The summed E-state index contributed by atoms with van der Waals surface area (Å²) in [5.41, 5.74) is 7.57. The number of nitrogens with one attached hydrogen (secondary N) is 1. The van der Waals surface area contributed by atoms with Gasteiger partial charge < -0.3 is 15.5 Å². The quantitative estimate of drug-likeness (QED) is 0.810. The number of hydrogen-bond acceptors (Lipinski definition) is 3. The van der Waals surface area contributed by atoms with E-state index in [0.29, 0.717) is 17.9 Å². The van der Waals surface area contributed by atoms with E-state index in [2.05, 4.69) is 5.32 Å². The summed E-state index contributed by atoms with van der Waals surface area (Å²) in [4.78, 5) is 0. The Bertz CT molecular complexity index is 485. The van der Waals surface area contributed by atoms with Crippen molar-refractivity contribution in [3.05, 3.63) is 47.1 Å². The summed E-state index contributed by atoms with van der Waals surface area (Å²) in [5, 5.41) is 3.02. The molecule has 1 aromatic carbocycles. The van der Waals surface area contributed by atoms with Crippen LogP contribution in [0.1, 0.15) is 5.56 Å². The number of hydrogen-bond donors (Lipinski definition) is 2. The highest BCUT2D eigenvalue weighted by Gasteiger charge is 2.06. The Labute approximate surface area is 97.0 Å². The first-order valence-electron chi connectivity index (χ1n) is 4.66. The lowest BCUT2D eigenvalue weighted by Gasteiger charge is -2.09. The Kier molecular flexibility index (Phi) is 3.01. The first-order chi connectivity index (χ1) is 7.66. The van der Waals surface area contributed by atoms with Crippen molar-refractivity contribution >= 4 is 23.0 Å². The second-order valence-electron chi connectivity index (χ2n) is 3.34. The molecule has 0 fully saturated rings. The van der Waals surface area contributed by atoms with Crippen LogP contribution in [-0.4, -0.2) is 0 Å². The molecule has 3 N–H and O–H groups in total. The summed E-state index contributed by atoms with van der Waals surface area (Å²) < 4.78 is 18.1. The number of benzene rings is 1. The zero-order chi connectivity index (χ0) is 11.5. The highest BCUT2D eigenvalue weighted by molar-refractivity contribution is 6.31. The Hall–Kier alpha value is -1.68. The molecule has 2 aromatic rings. The highest BCUT2D eigenvalue weighted by atomic mass is 35.5. The maximum absolute atomic E-state index is 13.2. The van der Waals surface area contributed by atoms with Crippen LogP contribution in [0.5, 0.6) is 0 Å². The van der Waals surface area contributed by atoms with Crippen molar-refractivity contribution < 1.29 is 8.81 Å². The smallest absolute Gasteiger partial charge is 0.143 e. The van der Waals surface area contributed by atoms with Crippen LogP contribution in [0.4, 0.5) is 15.8 Å². The van der Waals surface area contributed by atoms with Gasteiger partial charge in [0.15, 0.2) is 0 Å². The number of furan rings is 1. The maximum Gasteiger partial charge on any atom is 0.143 e. The molecule has 3 nitrogen and oxygen atoms in total. The van der Waals surface area contributed by atoms with Crippen molar-refractivity contribution in [2.75, 3.05) is 11.1 Å². The maximum atomic E-state index is 13.2. The molecular weight excluding hydrogens is 231 g/mol. The van der Waals surface area contributed by atoms with E-state index < -0.39 is 5.82 Å². The molecule has 0 bridgehead atoms. The van der Waals surface area contributed by atoms with Crippen molar-refractivity contribution in [1.29, 1.82) is 0 Å². The second kappa shape index (κ2) is 4.45. The van der Waals surface area contributed by atoms with Gasteiger partial charge in [0.25, 0.3) is 0 Å². The third-order valence-corrected chi connectivity index (χ3v) is 2.45. The number of halogens is 2. The molecule has 0 radical (unpaired) electrons. The van der Waals surface area contributed by atoms with Crippen molar-refractivity contribution in [2.24, 2.45) is 0 Å². The van der Waals surface area contributed by atoms with E-state index in [4.69, 9.17) is 21.8 Å². The summed E-state index contributed by atoms with van der Waals surface area (Å²) in [6, 6.07) is 4.47. The van der Waals surface area contributed by atoms with Crippen LogP contribution in [0.25, 0.3) is 0 Å². The zero-order valence-electron chi connectivity index (χ0n) is 8.34. The van der Waals surface area contributed by atoms with Crippen molar-refractivity contribution in [3.8, 4) is 0 Å². The Morgan fingerprint density at radius 1 is 1.44 bits per heavy atom. The molecule has 2 rings (SSSR count). The molecule has 0 aliphatic rings. The van der Waals surface area contributed by atoms with E-state index in [1.54, 1.807) is 12.5 Å². The van der Waals surface area contributed by atoms with E-state index in [-0.39, 0.29) is 5.02 Å². The molecule has 0 aliphatic heterocycles. The first kappa shape index (κ1) is 10.8. The fraction of sp³-hybridized carbons (Fsp3) is 0.0909. The van der Waals surface area contributed by atoms with E-state index in [1.807, 2.05) is 6.07 Å². The molecular formula is C11H10ClFN2O. The van der Waals surface area contributed by atoms with Crippen molar-refractivity contribution in [1.82, 2.24) is 0 Å². The van der Waals surface area contributed by atoms with E-state index in [9.17, 15) is 4.39 Å². The third kappa shape index (κ3) is 2.28. The molecule has 0 atom stereocenters. The minimum Gasteiger partial charge on any atom is -0.472 e.